The Bertz CT molecular complexity index is 1000. The van der Waals surface area contributed by atoms with Gasteiger partial charge in [0.15, 0.2) is 11.5 Å². The summed E-state index contributed by atoms with van der Waals surface area (Å²) in [5.41, 5.74) is 1.66. The quantitative estimate of drug-likeness (QED) is 0.519. The second-order valence-corrected chi connectivity index (χ2v) is 8.97. The van der Waals surface area contributed by atoms with E-state index in [4.69, 9.17) is 14.2 Å². The van der Waals surface area contributed by atoms with Gasteiger partial charge < -0.3 is 19.5 Å². The number of hydrogen-bond acceptors (Lipinski definition) is 6. The summed E-state index contributed by atoms with van der Waals surface area (Å²) in [5, 5.41) is 2.88. The van der Waals surface area contributed by atoms with Crippen LogP contribution in [0.4, 0.5) is 0 Å². The Labute approximate surface area is 190 Å². The number of carbonyl (C=O) groups excluding carboxylic acids is 1. The lowest BCUT2D eigenvalue weighted by Gasteiger charge is -2.18. The van der Waals surface area contributed by atoms with Gasteiger partial charge in [0.25, 0.3) is 0 Å². The highest BCUT2D eigenvalue weighted by molar-refractivity contribution is 7.89. The number of nitrogens with one attached hydrogen (secondary N) is 1. The number of rotatable bonds is 12. The van der Waals surface area contributed by atoms with Crippen LogP contribution in [0, 0.1) is 0 Å². The van der Waals surface area contributed by atoms with Crippen molar-refractivity contribution in [2.75, 3.05) is 34.4 Å². The molecule has 0 fully saturated rings. The Kier molecular flexibility index (Phi) is 9.34. The average molecular weight is 465 g/mol. The minimum absolute atomic E-state index is 0.123. The number of aryl methyl sites for hydroxylation is 1. The van der Waals surface area contributed by atoms with E-state index in [1.54, 1.807) is 57.7 Å². The number of nitrogens with zero attached hydrogens (tertiary/aromatic N) is 1. The molecule has 0 aliphatic heterocycles. The average Bonchev–Trinajstić information content (AvgIpc) is 2.81. The number of amides is 1. The first-order chi connectivity index (χ1) is 15.3. The first-order valence-electron chi connectivity index (χ1n) is 10.4. The molecule has 0 atom stereocenters. The summed E-state index contributed by atoms with van der Waals surface area (Å²) in [6.07, 6.45) is 0.776. The number of hydrogen-bond donors (Lipinski definition) is 1. The Hall–Kier alpha value is -2.78. The lowest BCUT2D eigenvalue weighted by Crippen LogP contribution is -2.30. The Morgan fingerprint density at radius 3 is 2.00 bits per heavy atom. The zero-order valence-electron chi connectivity index (χ0n) is 19.3. The van der Waals surface area contributed by atoms with E-state index in [0.717, 1.165) is 11.1 Å². The van der Waals surface area contributed by atoms with Gasteiger partial charge in [0.1, 0.15) is 5.75 Å². The summed E-state index contributed by atoms with van der Waals surface area (Å²) in [7, 11) is 1.16. The fourth-order valence-corrected chi connectivity index (χ4v) is 4.77. The molecule has 0 heterocycles. The zero-order chi connectivity index (χ0) is 23.7. The van der Waals surface area contributed by atoms with Crippen molar-refractivity contribution in [3.8, 4) is 17.2 Å². The third-order valence-corrected chi connectivity index (χ3v) is 7.23. The van der Waals surface area contributed by atoms with Gasteiger partial charge in [-0.05, 0) is 30.2 Å². The lowest BCUT2D eigenvalue weighted by molar-refractivity contribution is -0.121. The standard InChI is InChI=1S/C23H32N2O6S/c1-6-25(7-2)32(27,28)19-11-8-17(9-12-19)10-13-23(26)24-16-18-14-21(30-4)22(31-5)15-20(18)29-3/h8-9,11-12,14-15H,6-7,10,13,16H2,1-5H3,(H,24,26). The third-order valence-electron chi connectivity index (χ3n) is 5.17. The summed E-state index contributed by atoms with van der Waals surface area (Å²) >= 11 is 0. The van der Waals surface area contributed by atoms with Gasteiger partial charge in [-0.25, -0.2) is 8.42 Å². The topological polar surface area (TPSA) is 94.2 Å². The van der Waals surface area contributed by atoms with Crippen LogP contribution >= 0.6 is 0 Å². The van der Waals surface area contributed by atoms with Gasteiger partial charge in [-0.3, -0.25) is 4.79 Å². The van der Waals surface area contributed by atoms with Crippen molar-refractivity contribution in [2.45, 2.75) is 38.1 Å². The van der Waals surface area contributed by atoms with Crippen LogP contribution in [0.2, 0.25) is 0 Å². The fraction of sp³-hybridized carbons (Fsp3) is 0.435. The van der Waals surface area contributed by atoms with Gasteiger partial charge in [0.2, 0.25) is 15.9 Å². The van der Waals surface area contributed by atoms with Crippen LogP contribution in [0.3, 0.4) is 0 Å². The van der Waals surface area contributed by atoms with Gasteiger partial charge in [0, 0.05) is 37.7 Å². The predicted molar refractivity (Wildman–Crippen MR) is 123 cm³/mol. The van der Waals surface area contributed by atoms with Gasteiger partial charge in [-0.2, -0.15) is 4.31 Å². The highest BCUT2D eigenvalue weighted by atomic mass is 32.2. The maximum atomic E-state index is 12.6. The highest BCUT2D eigenvalue weighted by Crippen LogP contribution is 2.34. The summed E-state index contributed by atoms with van der Waals surface area (Å²) in [6, 6.07) is 10.2. The number of ether oxygens (including phenoxy) is 3. The van der Waals surface area contributed by atoms with E-state index in [1.807, 2.05) is 13.8 Å². The van der Waals surface area contributed by atoms with Crippen molar-refractivity contribution >= 4 is 15.9 Å². The first-order valence-corrected chi connectivity index (χ1v) is 11.9. The van der Waals surface area contributed by atoms with Crippen LogP contribution in [0.25, 0.3) is 0 Å². The minimum Gasteiger partial charge on any atom is -0.496 e. The second kappa shape index (κ2) is 11.7. The molecular formula is C23H32N2O6S. The first kappa shape index (κ1) is 25.5. The molecule has 2 rings (SSSR count). The van der Waals surface area contributed by atoms with E-state index in [9.17, 15) is 13.2 Å². The van der Waals surface area contributed by atoms with E-state index < -0.39 is 10.0 Å². The van der Waals surface area contributed by atoms with Crippen LogP contribution in [0.5, 0.6) is 17.2 Å². The lowest BCUT2D eigenvalue weighted by atomic mass is 10.1. The van der Waals surface area contributed by atoms with Gasteiger partial charge in [0.05, 0.1) is 26.2 Å². The van der Waals surface area contributed by atoms with Crippen molar-refractivity contribution in [1.82, 2.24) is 9.62 Å². The van der Waals surface area contributed by atoms with Crippen LogP contribution in [0.1, 0.15) is 31.4 Å². The Morgan fingerprint density at radius 2 is 1.47 bits per heavy atom. The zero-order valence-corrected chi connectivity index (χ0v) is 20.1. The molecule has 0 spiro atoms. The van der Waals surface area contributed by atoms with Crippen molar-refractivity contribution in [1.29, 1.82) is 0 Å². The normalized spacial score (nSPS) is 11.3. The molecule has 9 heteroatoms. The predicted octanol–water partition coefficient (Wildman–Crippen LogP) is 2.99. The highest BCUT2D eigenvalue weighted by Gasteiger charge is 2.21. The van der Waals surface area contributed by atoms with E-state index in [0.29, 0.717) is 36.8 Å². The molecule has 2 aromatic carbocycles. The number of benzene rings is 2. The van der Waals surface area contributed by atoms with E-state index in [1.165, 1.54) is 4.31 Å². The van der Waals surface area contributed by atoms with Gasteiger partial charge >= 0.3 is 0 Å². The largest absolute Gasteiger partial charge is 0.496 e. The number of methoxy groups -OCH3 is 3. The molecule has 176 valence electrons. The van der Waals surface area contributed by atoms with Crippen molar-refractivity contribution in [3.05, 3.63) is 47.5 Å². The van der Waals surface area contributed by atoms with Gasteiger partial charge in [-0.15, -0.1) is 0 Å². The molecule has 0 aromatic heterocycles. The molecule has 2 aromatic rings. The third kappa shape index (κ3) is 6.14. The van der Waals surface area contributed by atoms with Gasteiger partial charge in [-0.1, -0.05) is 26.0 Å². The van der Waals surface area contributed by atoms with E-state index in [-0.39, 0.29) is 23.8 Å². The Balaban J connectivity index is 1.97. The summed E-state index contributed by atoms with van der Waals surface area (Å²) in [5.74, 6) is 1.57. The van der Waals surface area contributed by atoms with Crippen LogP contribution in [0.15, 0.2) is 41.3 Å². The molecule has 0 saturated carbocycles. The molecule has 0 aliphatic rings. The SMILES string of the molecule is CCN(CC)S(=O)(=O)c1ccc(CCC(=O)NCc2cc(OC)c(OC)cc2OC)cc1. The molecule has 0 radical (unpaired) electrons. The van der Waals surface area contributed by atoms with Crippen molar-refractivity contribution in [3.63, 3.8) is 0 Å². The maximum Gasteiger partial charge on any atom is 0.243 e. The molecule has 8 nitrogen and oxygen atoms in total. The molecule has 32 heavy (non-hydrogen) atoms. The van der Waals surface area contributed by atoms with E-state index >= 15 is 0 Å². The Morgan fingerprint density at radius 1 is 0.906 bits per heavy atom. The number of sulfonamides is 1. The molecule has 0 aliphatic carbocycles. The molecule has 1 amide bonds. The van der Waals surface area contributed by atoms with Crippen LogP contribution in [-0.4, -0.2) is 53.0 Å². The monoisotopic (exact) mass is 464 g/mol. The summed E-state index contributed by atoms with van der Waals surface area (Å²) in [4.78, 5) is 12.6. The molecule has 1 N–H and O–H groups in total. The summed E-state index contributed by atoms with van der Waals surface area (Å²) in [6.45, 7) is 4.75. The van der Waals surface area contributed by atoms with E-state index in [2.05, 4.69) is 5.32 Å². The molecule has 0 saturated heterocycles. The molecule has 0 bridgehead atoms. The van der Waals surface area contributed by atoms with Crippen molar-refractivity contribution < 1.29 is 27.4 Å². The summed E-state index contributed by atoms with van der Waals surface area (Å²) < 4.78 is 42.5. The minimum atomic E-state index is -3.48. The molecular weight excluding hydrogens is 432 g/mol. The number of carbonyl (C=O) groups is 1. The maximum absolute atomic E-state index is 12.6. The smallest absolute Gasteiger partial charge is 0.243 e. The fourth-order valence-electron chi connectivity index (χ4n) is 3.31. The van der Waals surface area contributed by atoms with Crippen LogP contribution < -0.4 is 19.5 Å². The van der Waals surface area contributed by atoms with Crippen LogP contribution in [-0.2, 0) is 27.8 Å². The second-order valence-electron chi connectivity index (χ2n) is 7.03. The van der Waals surface area contributed by atoms with Crippen molar-refractivity contribution in [2.24, 2.45) is 0 Å². The molecule has 0 unspecified atom stereocenters.